The summed E-state index contributed by atoms with van der Waals surface area (Å²) < 4.78 is 5.58. The highest BCUT2D eigenvalue weighted by molar-refractivity contribution is 7.98. The van der Waals surface area contributed by atoms with E-state index in [1.165, 1.54) is 0 Å². The van der Waals surface area contributed by atoms with Crippen LogP contribution < -0.4 is 5.32 Å². The molecule has 1 saturated heterocycles. The van der Waals surface area contributed by atoms with Gasteiger partial charge in [-0.15, -0.1) is 11.8 Å². The molecule has 0 saturated carbocycles. The van der Waals surface area contributed by atoms with Crippen LogP contribution in [-0.4, -0.2) is 48.8 Å². The Kier molecular flexibility index (Phi) is 7.12. The van der Waals surface area contributed by atoms with Gasteiger partial charge in [0, 0.05) is 17.9 Å². The summed E-state index contributed by atoms with van der Waals surface area (Å²) in [4.78, 5) is 27.5. The molecule has 0 aromatic heterocycles. The number of carbonyl (C=O) groups excluding carboxylic acids is 2. The van der Waals surface area contributed by atoms with Gasteiger partial charge in [-0.25, -0.2) is 0 Å². The lowest BCUT2D eigenvalue weighted by atomic mass is 10.1. The van der Waals surface area contributed by atoms with Gasteiger partial charge in [-0.05, 0) is 30.7 Å². The Balaban J connectivity index is 1.93. The fourth-order valence-corrected chi connectivity index (χ4v) is 3.12. The van der Waals surface area contributed by atoms with Gasteiger partial charge < -0.3 is 15.0 Å². The van der Waals surface area contributed by atoms with E-state index >= 15 is 0 Å². The van der Waals surface area contributed by atoms with Crippen molar-refractivity contribution in [3.8, 4) is 0 Å². The molecule has 1 N–H and O–H groups in total. The minimum Gasteiger partial charge on any atom is -0.365 e. The Morgan fingerprint density at radius 2 is 2.12 bits per heavy atom. The molecule has 0 unspecified atom stereocenters. The number of thioether (sulfide) groups is 1. The van der Waals surface area contributed by atoms with Crippen molar-refractivity contribution in [2.24, 2.45) is 5.92 Å². The third-order valence-corrected chi connectivity index (χ3v) is 4.81. The lowest BCUT2D eigenvalue weighted by molar-refractivity contribution is -0.144. The van der Waals surface area contributed by atoms with E-state index in [0.717, 1.165) is 17.0 Å². The first-order valence-electron chi connectivity index (χ1n) is 8.34. The van der Waals surface area contributed by atoms with E-state index in [1.54, 1.807) is 16.7 Å². The van der Waals surface area contributed by atoms with Crippen molar-refractivity contribution in [2.75, 3.05) is 31.3 Å². The molecule has 1 fully saturated rings. The second-order valence-electron chi connectivity index (χ2n) is 6.32. The quantitative estimate of drug-likeness (QED) is 0.801. The first-order valence-corrected chi connectivity index (χ1v) is 9.57. The van der Waals surface area contributed by atoms with Crippen molar-refractivity contribution in [3.63, 3.8) is 0 Å². The molecule has 2 rings (SSSR count). The number of amides is 2. The van der Waals surface area contributed by atoms with E-state index < -0.39 is 6.10 Å². The molecular formula is C18H26N2O3S. The molecule has 1 aliphatic rings. The van der Waals surface area contributed by atoms with Gasteiger partial charge in [-0.1, -0.05) is 26.0 Å². The van der Waals surface area contributed by atoms with Crippen molar-refractivity contribution in [1.29, 1.82) is 0 Å². The Bertz CT molecular complexity index is 577. The lowest BCUT2D eigenvalue weighted by Crippen LogP contribution is -2.50. The van der Waals surface area contributed by atoms with Gasteiger partial charge in [-0.2, -0.15) is 0 Å². The van der Waals surface area contributed by atoms with Crippen LogP contribution in [0.15, 0.2) is 29.2 Å². The fourth-order valence-electron chi connectivity index (χ4n) is 2.57. The van der Waals surface area contributed by atoms with Crippen molar-refractivity contribution in [2.45, 2.75) is 37.7 Å². The summed E-state index contributed by atoms with van der Waals surface area (Å²) in [5, 5.41) is 2.92. The minimum absolute atomic E-state index is 0.106. The maximum absolute atomic E-state index is 12.5. The average molecular weight is 350 g/mol. The summed E-state index contributed by atoms with van der Waals surface area (Å²) in [6.07, 6.45) is 2.75. The summed E-state index contributed by atoms with van der Waals surface area (Å²) >= 11 is 1.58. The summed E-state index contributed by atoms with van der Waals surface area (Å²) in [6.45, 7) is 5.49. The predicted molar refractivity (Wildman–Crippen MR) is 97.2 cm³/mol. The van der Waals surface area contributed by atoms with Crippen LogP contribution in [-0.2, 0) is 14.3 Å². The third-order valence-electron chi connectivity index (χ3n) is 4.01. The summed E-state index contributed by atoms with van der Waals surface area (Å²) in [7, 11) is 0. The summed E-state index contributed by atoms with van der Waals surface area (Å²) in [5.41, 5.74) is 0.779. The van der Waals surface area contributed by atoms with Crippen molar-refractivity contribution < 1.29 is 14.3 Å². The van der Waals surface area contributed by atoms with Crippen LogP contribution in [0.2, 0.25) is 0 Å². The third kappa shape index (κ3) is 5.24. The Labute approximate surface area is 148 Å². The highest BCUT2D eigenvalue weighted by Crippen LogP contribution is 2.25. The molecule has 1 heterocycles. The Morgan fingerprint density at radius 1 is 1.38 bits per heavy atom. The number of anilines is 1. The maximum atomic E-state index is 12.5. The monoisotopic (exact) mass is 350 g/mol. The van der Waals surface area contributed by atoms with E-state index in [-0.39, 0.29) is 11.8 Å². The van der Waals surface area contributed by atoms with Crippen LogP contribution in [0.1, 0.15) is 26.7 Å². The molecule has 6 heteroatoms. The number of nitrogens with zero attached hydrogens (tertiary/aromatic N) is 1. The van der Waals surface area contributed by atoms with Crippen molar-refractivity contribution >= 4 is 29.3 Å². The van der Waals surface area contributed by atoms with E-state index in [2.05, 4.69) is 19.2 Å². The fraction of sp³-hybridized carbons (Fsp3) is 0.556. The molecule has 1 aromatic rings. The topological polar surface area (TPSA) is 58.6 Å². The van der Waals surface area contributed by atoms with Crippen LogP contribution in [0, 0.1) is 5.92 Å². The van der Waals surface area contributed by atoms with Crippen molar-refractivity contribution in [1.82, 2.24) is 4.90 Å². The smallest absolute Gasteiger partial charge is 0.255 e. The van der Waals surface area contributed by atoms with Crippen LogP contribution in [0.5, 0.6) is 0 Å². The predicted octanol–water partition coefficient (Wildman–Crippen LogP) is 3.01. The van der Waals surface area contributed by atoms with Crippen LogP contribution in [0.3, 0.4) is 0 Å². The van der Waals surface area contributed by atoms with Gasteiger partial charge in [0.05, 0.1) is 18.8 Å². The number of carbonyl (C=O) groups is 2. The number of nitrogens with one attached hydrogen (secondary N) is 1. The Morgan fingerprint density at radius 3 is 2.83 bits per heavy atom. The number of hydrogen-bond acceptors (Lipinski definition) is 4. The largest absolute Gasteiger partial charge is 0.365 e. The number of hydrogen-bond donors (Lipinski definition) is 1. The first-order chi connectivity index (χ1) is 11.5. The number of morpholine rings is 1. The highest BCUT2D eigenvalue weighted by Gasteiger charge is 2.29. The highest BCUT2D eigenvalue weighted by atomic mass is 32.2. The second kappa shape index (κ2) is 9.08. The van der Waals surface area contributed by atoms with E-state index in [0.29, 0.717) is 32.0 Å². The number of benzene rings is 1. The van der Waals surface area contributed by atoms with E-state index in [1.807, 2.05) is 30.5 Å². The van der Waals surface area contributed by atoms with Crippen LogP contribution in [0.25, 0.3) is 0 Å². The normalized spacial score (nSPS) is 17.8. The van der Waals surface area contributed by atoms with Gasteiger partial charge in [-0.3, -0.25) is 9.59 Å². The average Bonchev–Trinajstić information content (AvgIpc) is 2.60. The standard InChI is InChI=1S/C18H26N2O3S/c1-13(2)8-9-17(21)20-10-11-23-15(12-20)18(22)19-14-6-4-5-7-16(14)24-3/h4-7,13,15H,8-12H2,1-3H3,(H,19,22)/t15-/m1/s1. The SMILES string of the molecule is CSc1ccccc1NC(=O)[C@H]1CN(C(=O)CCC(C)C)CCO1. The van der Waals surface area contributed by atoms with Gasteiger partial charge in [0.25, 0.3) is 5.91 Å². The van der Waals surface area contributed by atoms with Gasteiger partial charge in [0.1, 0.15) is 0 Å². The van der Waals surface area contributed by atoms with Crippen LogP contribution in [0.4, 0.5) is 5.69 Å². The second-order valence-corrected chi connectivity index (χ2v) is 7.17. The zero-order valence-electron chi connectivity index (χ0n) is 14.6. The minimum atomic E-state index is -0.614. The molecule has 0 aliphatic carbocycles. The number of para-hydroxylation sites is 1. The molecule has 0 spiro atoms. The lowest BCUT2D eigenvalue weighted by Gasteiger charge is -2.32. The summed E-state index contributed by atoms with van der Waals surface area (Å²) in [5.74, 6) is 0.407. The zero-order chi connectivity index (χ0) is 17.5. The summed E-state index contributed by atoms with van der Waals surface area (Å²) in [6, 6.07) is 7.66. The maximum Gasteiger partial charge on any atom is 0.255 e. The molecule has 2 amide bonds. The molecule has 24 heavy (non-hydrogen) atoms. The molecule has 0 bridgehead atoms. The van der Waals surface area contributed by atoms with Crippen molar-refractivity contribution in [3.05, 3.63) is 24.3 Å². The zero-order valence-corrected chi connectivity index (χ0v) is 15.4. The number of ether oxygens (including phenoxy) is 1. The molecule has 1 aliphatic heterocycles. The molecule has 5 nitrogen and oxygen atoms in total. The molecule has 1 atom stereocenters. The molecule has 0 radical (unpaired) electrons. The van der Waals surface area contributed by atoms with Gasteiger partial charge in [0.15, 0.2) is 6.10 Å². The van der Waals surface area contributed by atoms with E-state index in [9.17, 15) is 9.59 Å². The van der Waals surface area contributed by atoms with Crippen LogP contribution >= 0.6 is 11.8 Å². The molecule has 132 valence electrons. The molecule has 1 aromatic carbocycles. The first kappa shape index (κ1) is 18.8. The molecular weight excluding hydrogens is 324 g/mol. The Hall–Kier alpha value is -1.53. The van der Waals surface area contributed by atoms with Gasteiger partial charge in [0.2, 0.25) is 5.91 Å². The van der Waals surface area contributed by atoms with E-state index in [4.69, 9.17) is 4.74 Å². The van der Waals surface area contributed by atoms with Gasteiger partial charge >= 0.3 is 0 Å². The number of rotatable bonds is 6.